The van der Waals surface area contributed by atoms with Crippen molar-refractivity contribution >= 4 is 0 Å². The van der Waals surface area contributed by atoms with Crippen LogP contribution in [-0.2, 0) is 0 Å². The van der Waals surface area contributed by atoms with E-state index >= 15 is 0 Å². The molecule has 13 heavy (non-hydrogen) atoms. The molecule has 1 saturated heterocycles. The van der Waals surface area contributed by atoms with Crippen molar-refractivity contribution in [1.82, 2.24) is 4.90 Å². The largest absolute Gasteiger partial charge is 0.298 e. The van der Waals surface area contributed by atoms with E-state index in [1.165, 1.54) is 19.4 Å². The van der Waals surface area contributed by atoms with Crippen molar-refractivity contribution in [2.24, 2.45) is 5.92 Å². The number of hydrogen-bond donors (Lipinski definition) is 0. The van der Waals surface area contributed by atoms with Crippen molar-refractivity contribution in [2.45, 2.75) is 45.6 Å². The molecular weight excluding hydrogens is 160 g/mol. The fraction of sp³-hybridized carbons (Fsp3) is 0.909. The van der Waals surface area contributed by atoms with Gasteiger partial charge in [-0.05, 0) is 46.1 Å². The minimum absolute atomic E-state index is 0.272. The molecule has 0 N–H and O–H groups in total. The van der Waals surface area contributed by atoms with Gasteiger partial charge in [-0.25, -0.2) is 0 Å². The normalized spacial score (nSPS) is 25.5. The molecule has 0 aliphatic carbocycles. The van der Waals surface area contributed by atoms with Crippen LogP contribution < -0.4 is 0 Å². The van der Waals surface area contributed by atoms with E-state index in [1.807, 2.05) is 0 Å². The molecule has 74 valence electrons. The van der Waals surface area contributed by atoms with E-state index in [2.05, 4.69) is 31.7 Å². The molecule has 0 bridgehead atoms. The molecule has 2 heteroatoms. The van der Waals surface area contributed by atoms with Gasteiger partial charge in [-0.3, -0.25) is 4.90 Å². The zero-order valence-corrected chi connectivity index (χ0v) is 9.01. The third kappa shape index (κ3) is 3.00. The van der Waals surface area contributed by atoms with Crippen molar-refractivity contribution in [3.05, 3.63) is 0 Å². The summed E-state index contributed by atoms with van der Waals surface area (Å²) in [4.78, 5) is 2.50. The Labute approximate surface area is 81.5 Å². The molecule has 0 amide bonds. The molecule has 1 fully saturated rings. The highest BCUT2D eigenvalue weighted by Gasteiger charge is 2.27. The summed E-state index contributed by atoms with van der Waals surface area (Å²) in [6.07, 6.45) is 3.22. The second-order valence-corrected chi connectivity index (χ2v) is 4.99. The third-order valence-corrected chi connectivity index (χ3v) is 2.85. The average molecular weight is 180 g/mol. The van der Waals surface area contributed by atoms with Crippen LogP contribution in [0.5, 0.6) is 0 Å². The molecule has 1 heterocycles. The summed E-state index contributed by atoms with van der Waals surface area (Å²) >= 11 is 0. The van der Waals surface area contributed by atoms with Gasteiger partial charge in [0.1, 0.15) is 0 Å². The van der Waals surface area contributed by atoms with Crippen LogP contribution in [0.2, 0.25) is 0 Å². The van der Waals surface area contributed by atoms with Gasteiger partial charge in [-0.1, -0.05) is 0 Å². The Bertz CT molecular complexity index is 197. The van der Waals surface area contributed by atoms with Crippen LogP contribution in [0.1, 0.15) is 40.0 Å². The van der Waals surface area contributed by atoms with Gasteiger partial charge in [0.05, 0.1) is 6.07 Å². The van der Waals surface area contributed by atoms with E-state index in [9.17, 15) is 0 Å². The Morgan fingerprint density at radius 3 is 2.69 bits per heavy atom. The summed E-state index contributed by atoms with van der Waals surface area (Å²) in [7, 11) is 0. The van der Waals surface area contributed by atoms with Crippen molar-refractivity contribution in [3.63, 3.8) is 0 Å². The molecule has 0 spiro atoms. The van der Waals surface area contributed by atoms with Crippen LogP contribution in [0.25, 0.3) is 0 Å². The highest BCUT2D eigenvalue weighted by molar-refractivity contribution is 4.86. The molecule has 1 aliphatic rings. The van der Waals surface area contributed by atoms with E-state index < -0.39 is 0 Å². The first-order valence-corrected chi connectivity index (χ1v) is 5.16. The predicted molar refractivity (Wildman–Crippen MR) is 54.3 cm³/mol. The molecule has 1 atom stereocenters. The summed E-state index contributed by atoms with van der Waals surface area (Å²) in [6, 6.07) is 2.28. The van der Waals surface area contributed by atoms with Crippen LogP contribution >= 0.6 is 0 Å². The zero-order valence-electron chi connectivity index (χ0n) is 9.01. The number of rotatable bonds is 1. The summed E-state index contributed by atoms with van der Waals surface area (Å²) in [6.45, 7) is 9.06. The maximum Gasteiger partial charge on any atom is 0.0625 e. The van der Waals surface area contributed by atoms with Crippen LogP contribution in [0, 0.1) is 17.2 Å². The van der Waals surface area contributed by atoms with Crippen molar-refractivity contribution in [3.8, 4) is 6.07 Å². The SMILES string of the molecule is CC(C)(C)N1CCCC(CC#N)C1. The van der Waals surface area contributed by atoms with Gasteiger partial charge in [0, 0.05) is 18.5 Å². The van der Waals surface area contributed by atoms with E-state index in [0.717, 1.165) is 13.0 Å². The van der Waals surface area contributed by atoms with Crippen LogP contribution in [0.15, 0.2) is 0 Å². The fourth-order valence-electron chi connectivity index (χ4n) is 1.97. The Hall–Kier alpha value is -0.550. The maximum atomic E-state index is 8.64. The van der Waals surface area contributed by atoms with Crippen molar-refractivity contribution < 1.29 is 0 Å². The van der Waals surface area contributed by atoms with E-state index in [-0.39, 0.29) is 5.54 Å². The molecule has 1 aliphatic heterocycles. The lowest BCUT2D eigenvalue weighted by Crippen LogP contribution is -2.47. The van der Waals surface area contributed by atoms with Gasteiger partial charge >= 0.3 is 0 Å². The number of piperidine rings is 1. The third-order valence-electron chi connectivity index (χ3n) is 2.85. The Balaban J connectivity index is 2.48. The Morgan fingerprint density at radius 2 is 2.15 bits per heavy atom. The molecule has 1 unspecified atom stereocenters. The van der Waals surface area contributed by atoms with E-state index in [1.54, 1.807) is 0 Å². The topological polar surface area (TPSA) is 27.0 Å². The Morgan fingerprint density at radius 1 is 1.46 bits per heavy atom. The van der Waals surface area contributed by atoms with E-state index in [4.69, 9.17) is 5.26 Å². The lowest BCUT2D eigenvalue weighted by Gasteiger charge is -2.41. The number of nitriles is 1. The first kappa shape index (κ1) is 10.5. The molecule has 1 rings (SSSR count). The maximum absolute atomic E-state index is 8.64. The molecule has 0 saturated carbocycles. The van der Waals surface area contributed by atoms with Gasteiger partial charge in [-0.15, -0.1) is 0 Å². The fourth-order valence-corrected chi connectivity index (χ4v) is 1.97. The average Bonchev–Trinajstić information content (AvgIpc) is 2.04. The number of nitrogens with zero attached hydrogens (tertiary/aromatic N) is 2. The van der Waals surface area contributed by atoms with Crippen molar-refractivity contribution in [2.75, 3.05) is 13.1 Å². The lowest BCUT2D eigenvalue weighted by molar-refractivity contribution is 0.0803. The zero-order chi connectivity index (χ0) is 9.90. The van der Waals surface area contributed by atoms with Crippen molar-refractivity contribution in [1.29, 1.82) is 5.26 Å². The van der Waals surface area contributed by atoms with Crippen LogP contribution in [0.3, 0.4) is 0 Å². The molecular formula is C11H20N2. The standard InChI is InChI=1S/C11H20N2/c1-11(2,3)13-8-4-5-10(9-13)6-7-12/h10H,4-6,8-9H2,1-3H3. The van der Waals surface area contributed by atoms with Gasteiger partial charge in [0.2, 0.25) is 0 Å². The summed E-state index contributed by atoms with van der Waals surface area (Å²) < 4.78 is 0. The quantitative estimate of drug-likeness (QED) is 0.619. The minimum atomic E-state index is 0.272. The Kier molecular flexibility index (Phi) is 3.33. The first-order chi connectivity index (χ1) is 6.04. The lowest BCUT2D eigenvalue weighted by atomic mass is 9.92. The molecule has 0 aromatic heterocycles. The second kappa shape index (κ2) is 4.11. The smallest absolute Gasteiger partial charge is 0.0625 e. The second-order valence-electron chi connectivity index (χ2n) is 4.99. The van der Waals surface area contributed by atoms with Crippen LogP contribution in [-0.4, -0.2) is 23.5 Å². The number of hydrogen-bond acceptors (Lipinski definition) is 2. The summed E-state index contributed by atoms with van der Waals surface area (Å²) in [5.41, 5.74) is 0.272. The number of likely N-dealkylation sites (tertiary alicyclic amines) is 1. The molecule has 0 radical (unpaired) electrons. The highest BCUT2D eigenvalue weighted by atomic mass is 15.2. The highest BCUT2D eigenvalue weighted by Crippen LogP contribution is 2.24. The molecule has 2 nitrogen and oxygen atoms in total. The predicted octanol–water partition coefficient (Wildman–Crippen LogP) is 2.41. The van der Waals surface area contributed by atoms with Gasteiger partial charge in [-0.2, -0.15) is 5.26 Å². The van der Waals surface area contributed by atoms with E-state index in [0.29, 0.717) is 5.92 Å². The monoisotopic (exact) mass is 180 g/mol. The first-order valence-electron chi connectivity index (χ1n) is 5.16. The van der Waals surface area contributed by atoms with Gasteiger partial charge in [0.15, 0.2) is 0 Å². The summed E-state index contributed by atoms with van der Waals surface area (Å²) in [5.74, 6) is 0.609. The van der Waals surface area contributed by atoms with Crippen LogP contribution in [0.4, 0.5) is 0 Å². The minimum Gasteiger partial charge on any atom is -0.298 e. The van der Waals surface area contributed by atoms with Gasteiger partial charge in [0.25, 0.3) is 0 Å². The molecule has 0 aromatic rings. The summed E-state index contributed by atoms with van der Waals surface area (Å²) in [5, 5.41) is 8.64. The van der Waals surface area contributed by atoms with Gasteiger partial charge < -0.3 is 0 Å². The molecule has 0 aromatic carbocycles.